The summed E-state index contributed by atoms with van der Waals surface area (Å²) in [4.78, 5) is 0. The van der Waals surface area contributed by atoms with E-state index in [-0.39, 0.29) is 6.04 Å². The van der Waals surface area contributed by atoms with Gasteiger partial charge >= 0.3 is 0 Å². The lowest BCUT2D eigenvalue weighted by atomic mass is 10.1. The molecule has 0 spiro atoms. The van der Waals surface area contributed by atoms with E-state index in [9.17, 15) is 0 Å². The third-order valence-corrected chi connectivity index (χ3v) is 2.89. The molecule has 0 fully saturated rings. The van der Waals surface area contributed by atoms with Crippen molar-refractivity contribution in [1.82, 2.24) is 5.32 Å². The lowest BCUT2D eigenvalue weighted by molar-refractivity contribution is 0.109. The molecule has 1 rings (SSSR count). The minimum atomic E-state index is 0.248. The van der Waals surface area contributed by atoms with Crippen molar-refractivity contribution in [3.05, 3.63) is 23.8 Å². The largest absolute Gasteiger partial charge is 0.497 e. The quantitative estimate of drug-likeness (QED) is 0.698. The van der Waals surface area contributed by atoms with Gasteiger partial charge in [0.05, 0.1) is 13.7 Å². The molecule has 1 atom stereocenters. The molecule has 1 N–H and O–H groups in total. The first-order chi connectivity index (χ1) is 9.22. The molecular formula is C15H25NO3. The summed E-state index contributed by atoms with van der Waals surface area (Å²) in [5, 5.41) is 3.39. The SMILES string of the molecule is CCNC(C)c1ccc(OC)cc1OCCOCC. The third kappa shape index (κ3) is 5.09. The van der Waals surface area contributed by atoms with E-state index in [0.717, 1.165) is 23.6 Å². The molecule has 1 unspecified atom stereocenters. The van der Waals surface area contributed by atoms with Crippen LogP contribution in [0.15, 0.2) is 18.2 Å². The molecule has 4 heteroatoms. The summed E-state index contributed by atoms with van der Waals surface area (Å²) in [7, 11) is 1.66. The molecule has 0 saturated heterocycles. The summed E-state index contributed by atoms with van der Waals surface area (Å²) in [6.45, 7) is 8.98. The summed E-state index contributed by atoms with van der Waals surface area (Å²) in [6.07, 6.45) is 0. The summed E-state index contributed by atoms with van der Waals surface area (Å²) in [5.74, 6) is 1.66. The first-order valence-corrected chi connectivity index (χ1v) is 6.84. The average Bonchev–Trinajstić information content (AvgIpc) is 2.43. The average molecular weight is 267 g/mol. The van der Waals surface area contributed by atoms with Crippen LogP contribution in [0, 0.1) is 0 Å². The van der Waals surface area contributed by atoms with Gasteiger partial charge in [0, 0.05) is 24.3 Å². The molecule has 0 bridgehead atoms. The minimum absolute atomic E-state index is 0.248. The van der Waals surface area contributed by atoms with E-state index in [1.807, 2.05) is 25.1 Å². The number of methoxy groups -OCH3 is 1. The van der Waals surface area contributed by atoms with Crippen molar-refractivity contribution in [2.75, 3.05) is 33.5 Å². The molecule has 0 heterocycles. The minimum Gasteiger partial charge on any atom is -0.497 e. The predicted octanol–water partition coefficient (Wildman–Crippen LogP) is 2.78. The Bertz CT molecular complexity index is 368. The van der Waals surface area contributed by atoms with Crippen LogP contribution in [0.5, 0.6) is 11.5 Å². The van der Waals surface area contributed by atoms with Gasteiger partial charge < -0.3 is 19.5 Å². The van der Waals surface area contributed by atoms with Gasteiger partial charge in [0.2, 0.25) is 0 Å². The van der Waals surface area contributed by atoms with Crippen molar-refractivity contribution < 1.29 is 14.2 Å². The molecule has 0 aromatic heterocycles. The van der Waals surface area contributed by atoms with Gasteiger partial charge in [-0.3, -0.25) is 0 Å². The highest BCUT2D eigenvalue weighted by atomic mass is 16.5. The Kier molecular flexibility index (Phi) is 7.30. The Morgan fingerprint density at radius 3 is 2.63 bits per heavy atom. The highest BCUT2D eigenvalue weighted by Gasteiger charge is 2.12. The number of rotatable bonds is 9. The molecule has 108 valence electrons. The molecule has 1 aromatic carbocycles. The molecule has 0 aliphatic carbocycles. The summed E-state index contributed by atoms with van der Waals surface area (Å²) < 4.78 is 16.3. The van der Waals surface area contributed by atoms with E-state index >= 15 is 0 Å². The number of hydrogen-bond acceptors (Lipinski definition) is 4. The van der Waals surface area contributed by atoms with Gasteiger partial charge in [0.25, 0.3) is 0 Å². The van der Waals surface area contributed by atoms with Gasteiger partial charge in [-0.05, 0) is 26.5 Å². The summed E-state index contributed by atoms with van der Waals surface area (Å²) >= 11 is 0. The predicted molar refractivity (Wildman–Crippen MR) is 77.1 cm³/mol. The maximum Gasteiger partial charge on any atom is 0.127 e. The lowest BCUT2D eigenvalue weighted by Crippen LogP contribution is -2.19. The van der Waals surface area contributed by atoms with Crippen LogP contribution >= 0.6 is 0 Å². The first-order valence-electron chi connectivity index (χ1n) is 6.84. The molecule has 1 aromatic rings. The van der Waals surface area contributed by atoms with Crippen molar-refractivity contribution >= 4 is 0 Å². The molecule has 4 nitrogen and oxygen atoms in total. The fourth-order valence-electron chi connectivity index (χ4n) is 1.90. The highest BCUT2D eigenvalue weighted by Crippen LogP contribution is 2.29. The zero-order valence-electron chi connectivity index (χ0n) is 12.4. The third-order valence-electron chi connectivity index (χ3n) is 2.89. The molecule has 0 radical (unpaired) electrons. The maximum atomic E-state index is 5.80. The van der Waals surface area contributed by atoms with Crippen molar-refractivity contribution in [3.63, 3.8) is 0 Å². The molecular weight excluding hydrogens is 242 g/mol. The zero-order valence-corrected chi connectivity index (χ0v) is 12.4. The Hall–Kier alpha value is -1.26. The highest BCUT2D eigenvalue weighted by molar-refractivity contribution is 5.42. The molecule has 0 aliphatic heterocycles. The van der Waals surface area contributed by atoms with Crippen molar-refractivity contribution in [2.24, 2.45) is 0 Å². The van der Waals surface area contributed by atoms with Gasteiger partial charge in [-0.1, -0.05) is 13.0 Å². The number of hydrogen-bond donors (Lipinski definition) is 1. The fraction of sp³-hybridized carbons (Fsp3) is 0.600. The van der Waals surface area contributed by atoms with E-state index < -0.39 is 0 Å². The van der Waals surface area contributed by atoms with Gasteiger partial charge in [-0.2, -0.15) is 0 Å². The number of ether oxygens (including phenoxy) is 3. The van der Waals surface area contributed by atoms with Gasteiger partial charge in [-0.15, -0.1) is 0 Å². The lowest BCUT2D eigenvalue weighted by Gasteiger charge is -2.18. The maximum absolute atomic E-state index is 5.80. The second-order valence-corrected chi connectivity index (χ2v) is 4.23. The van der Waals surface area contributed by atoms with Crippen LogP contribution < -0.4 is 14.8 Å². The van der Waals surface area contributed by atoms with Crippen LogP contribution in [-0.2, 0) is 4.74 Å². The topological polar surface area (TPSA) is 39.7 Å². The van der Waals surface area contributed by atoms with Gasteiger partial charge in [0.1, 0.15) is 18.1 Å². The van der Waals surface area contributed by atoms with E-state index in [0.29, 0.717) is 19.8 Å². The van der Waals surface area contributed by atoms with Crippen LogP contribution in [0.25, 0.3) is 0 Å². The standard InChI is InChI=1S/C15H25NO3/c1-5-16-12(3)14-8-7-13(17-4)11-15(14)19-10-9-18-6-2/h7-8,11-12,16H,5-6,9-10H2,1-4H3. The van der Waals surface area contributed by atoms with E-state index in [1.165, 1.54) is 0 Å². The Morgan fingerprint density at radius 2 is 2.00 bits per heavy atom. The van der Waals surface area contributed by atoms with Crippen LogP contribution in [0.1, 0.15) is 32.4 Å². The van der Waals surface area contributed by atoms with Crippen LogP contribution in [-0.4, -0.2) is 33.5 Å². The monoisotopic (exact) mass is 267 g/mol. The van der Waals surface area contributed by atoms with E-state index in [2.05, 4.69) is 19.2 Å². The van der Waals surface area contributed by atoms with Crippen LogP contribution in [0.4, 0.5) is 0 Å². The van der Waals surface area contributed by atoms with Crippen molar-refractivity contribution in [2.45, 2.75) is 26.8 Å². The van der Waals surface area contributed by atoms with Gasteiger partial charge in [0.15, 0.2) is 0 Å². The summed E-state index contributed by atoms with van der Waals surface area (Å²) in [6, 6.07) is 6.17. The van der Waals surface area contributed by atoms with E-state index in [1.54, 1.807) is 7.11 Å². The normalized spacial score (nSPS) is 12.2. The first kappa shape index (κ1) is 15.8. The number of nitrogens with one attached hydrogen (secondary N) is 1. The second-order valence-electron chi connectivity index (χ2n) is 4.23. The summed E-state index contributed by atoms with van der Waals surface area (Å²) in [5.41, 5.74) is 1.14. The van der Waals surface area contributed by atoms with Crippen LogP contribution in [0.3, 0.4) is 0 Å². The van der Waals surface area contributed by atoms with Crippen LogP contribution in [0.2, 0.25) is 0 Å². The molecule has 0 aliphatic rings. The van der Waals surface area contributed by atoms with E-state index in [4.69, 9.17) is 14.2 Å². The Morgan fingerprint density at radius 1 is 1.21 bits per heavy atom. The van der Waals surface area contributed by atoms with Crippen molar-refractivity contribution in [1.29, 1.82) is 0 Å². The zero-order chi connectivity index (χ0) is 14.1. The molecule has 0 amide bonds. The molecule has 0 saturated carbocycles. The fourth-order valence-corrected chi connectivity index (χ4v) is 1.90. The van der Waals surface area contributed by atoms with Gasteiger partial charge in [-0.25, -0.2) is 0 Å². The molecule has 19 heavy (non-hydrogen) atoms. The Balaban J connectivity index is 2.77. The number of benzene rings is 1. The smallest absolute Gasteiger partial charge is 0.127 e. The Labute approximate surface area is 116 Å². The van der Waals surface area contributed by atoms with Crippen molar-refractivity contribution in [3.8, 4) is 11.5 Å². The second kappa shape index (κ2) is 8.77.